The van der Waals surface area contributed by atoms with E-state index in [1.54, 1.807) is 43.3 Å². The average molecular weight is 554 g/mol. The second-order valence-corrected chi connectivity index (χ2v) is 9.83. The molecule has 0 unspecified atom stereocenters. The highest BCUT2D eigenvalue weighted by Gasteiger charge is 2.24. The number of benzene rings is 2. The van der Waals surface area contributed by atoms with Gasteiger partial charge >= 0.3 is 5.97 Å². The van der Waals surface area contributed by atoms with Crippen molar-refractivity contribution in [3.8, 4) is 11.5 Å². The van der Waals surface area contributed by atoms with Gasteiger partial charge in [-0.25, -0.2) is 13.2 Å². The number of para-hydroxylation sites is 1. The van der Waals surface area contributed by atoms with Gasteiger partial charge in [-0.15, -0.1) is 0 Å². The summed E-state index contributed by atoms with van der Waals surface area (Å²) in [6.45, 7) is 1.72. The highest BCUT2D eigenvalue weighted by atomic mass is 79.9. The van der Waals surface area contributed by atoms with E-state index in [0.717, 1.165) is 6.26 Å². The Balaban J connectivity index is 2.08. The van der Waals surface area contributed by atoms with Crippen molar-refractivity contribution >= 4 is 60.4 Å². The first kappa shape index (κ1) is 24.6. The molecule has 0 spiro atoms. The molecule has 9 nitrogen and oxygen atoms in total. The molecular formula is C21H18BrClN4O5S. The van der Waals surface area contributed by atoms with Crippen LogP contribution < -0.4 is 5.32 Å². The minimum absolute atomic E-state index is 0.00407. The smallest absolute Gasteiger partial charge is 0.357 e. The van der Waals surface area contributed by atoms with Gasteiger partial charge in [-0.05, 0) is 53.2 Å². The van der Waals surface area contributed by atoms with E-state index in [4.69, 9.17) is 26.3 Å². The quantitative estimate of drug-likeness (QED) is 0.306. The van der Waals surface area contributed by atoms with Crippen LogP contribution in [0, 0.1) is 5.41 Å². The second-order valence-electron chi connectivity index (χ2n) is 6.61. The first-order valence-corrected chi connectivity index (χ1v) is 12.5. The lowest BCUT2D eigenvalue weighted by atomic mass is 10.2. The number of carbonyl (C=O) groups excluding carboxylic acids is 1. The van der Waals surface area contributed by atoms with Gasteiger partial charge in [-0.3, -0.25) is 5.41 Å². The number of rotatable bonds is 8. The zero-order valence-corrected chi connectivity index (χ0v) is 20.6. The summed E-state index contributed by atoms with van der Waals surface area (Å²) in [4.78, 5) is 16.5. The Morgan fingerprint density at radius 2 is 1.97 bits per heavy atom. The molecule has 3 aromatic rings. The lowest BCUT2D eigenvalue weighted by Gasteiger charge is -2.12. The van der Waals surface area contributed by atoms with E-state index in [1.807, 2.05) is 0 Å². The minimum Gasteiger partial charge on any atom is -0.461 e. The first-order chi connectivity index (χ1) is 15.6. The highest BCUT2D eigenvalue weighted by molar-refractivity contribution is 9.12. The fourth-order valence-corrected chi connectivity index (χ4v) is 3.91. The van der Waals surface area contributed by atoms with E-state index in [1.165, 1.54) is 12.1 Å². The molecule has 1 aromatic heterocycles. The van der Waals surface area contributed by atoms with Gasteiger partial charge < -0.3 is 14.6 Å². The molecule has 0 radical (unpaired) electrons. The van der Waals surface area contributed by atoms with Crippen LogP contribution in [0.25, 0.3) is 17.2 Å². The molecule has 0 saturated carbocycles. The van der Waals surface area contributed by atoms with Gasteiger partial charge in [0.25, 0.3) is 5.89 Å². The third-order valence-corrected chi connectivity index (χ3v) is 6.44. The van der Waals surface area contributed by atoms with Gasteiger partial charge in [-0.2, -0.15) is 4.98 Å². The summed E-state index contributed by atoms with van der Waals surface area (Å²) in [6.07, 6.45) is 1.10. The van der Waals surface area contributed by atoms with Gasteiger partial charge in [0.2, 0.25) is 5.82 Å². The van der Waals surface area contributed by atoms with Crippen LogP contribution in [0.2, 0.25) is 5.02 Å². The van der Waals surface area contributed by atoms with Crippen molar-refractivity contribution < 1.29 is 22.5 Å². The molecule has 0 aliphatic heterocycles. The lowest BCUT2D eigenvalue weighted by molar-refractivity contribution is -0.135. The van der Waals surface area contributed by atoms with E-state index < -0.39 is 21.5 Å². The normalized spacial score (nSPS) is 12.1. The van der Waals surface area contributed by atoms with E-state index in [-0.39, 0.29) is 33.4 Å². The third-order valence-electron chi connectivity index (χ3n) is 4.21. The van der Waals surface area contributed by atoms with Crippen molar-refractivity contribution in [2.75, 3.05) is 18.2 Å². The average Bonchev–Trinajstić information content (AvgIpc) is 3.27. The number of hydrogen-bond acceptors (Lipinski definition) is 9. The zero-order valence-electron chi connectivity index (χ0n) is 17.4. The predicted octanol–water partition coefficient (Wildman–Crippen LogP) is 4.55. The summed E-state index contributed by atoms with van der Waals surface area (Å²) < 4.78 is 34.0. The summed E-state index contributed by atoms with van der Waals surface area (Å²) in [7, 11) is -3.44. The monoisotopic (exact) mass is 552 g/mol. The van der Waals surface area contributed by atoms with Crippen molar-refractivity contribution in [2.24, 2.45) is 0 Å². The van der Waals surface area contributed by atoms with Crippen molar-refractivity contribution in [1.82, 2.24) is 10.1 Å². The molecule has 0 fully saturated rings. The summed E-state index contributed by atoms with van der Waals surface area (Å²) in [5.74, 6) is -0.820. The molecule has 12 heteroatoms. The van der Waals surface area contributed by atoms with Crippen LogP contribution in [0.4, 0.5) is 5.69 Å². The standard InChI is InChI=1S/C21H18BrClN4O5S/c1-3-31-21(28)17(24)16(22)18(25-15-10-5-4-9-14(15)23)19-26-20(32-27-19)12-7-6-8-13(11-12)33(2,29)30/h4-11,24-25H,3H2,1-2H3/b18-16+,24-17?. The largest absolute Gasteiger partial charge is 0.461 e. The fraction of sp³-hybridized carbons (Fsp3) is 0.143. The van der Waals surface area contributed by atoms with Crippen LogP contribution in [0.15, 0.2) is 62.4 Å². The van der Waals surface area contributed by atoms with Crippen molar-refractivity contribution in [2.45, 2.75) is 11.8 Å². The third kappa shape index (κ3) is 5.86. The van der Waals surface area contributed by atoms with Crippen molar-refractivity contribution in [3.63, 3.8) is 0 Å². The topological polar surface area (TPSA) is 135 Å². The van der Waals surface area contributed by atoms with Crippen molar-refractivity contribution in [3.05, 3.63) is 63.9 Å². The zero-order chi connectivity index (χ0) is 24.2. The lowest BCUT2D eigenvalue weighted by Crippen LogP contribution is -2.19. The Kier molecular flexibility index (Phi) is 7.67. The van der Waals surface area contributed by atoms with Gasteiger partial charge in [0.15, 0.2) is 15.5 Å². The van der Waals surface area contributed by atoms with Crippen LogP contribution in [-0.4, -0.2) is 43.1 Å². The molecule has 2 N–H and O–H groups in total. The molecule has 0 bridgehead atoms. The molecule has 0 atom stereocenters. The number of esters is 1. The summed E-state index contributed by atoms with van der Waals surface area (Å²) in [6, 6.07) is 12.9. The molecule has 0 saturated heterocycles. The van der Waals surface area contributed by atoms with E-state index in [9.17, 15) is 13.2 Å². The van der Waals surface area contributed by atoms with Crippen LogP contribution in [0.3, 0.4) is 0 Å². The molecular weight excluding hydrogens is 536 g/mol. The Labute approximate surface area is 203 Å². The number of nitrogens with zero attached hydrogens (tertiary/aromatic N) is 2. The number of anilines is 1. The number of ether oxygens (including phenoxy) is 1. The van der Waals surface area contributed by atoms with Gasteiger partial charge in [0, 0.05) is 11.8 Å². The summed E-state index contributed by atoms with van der Waals surface area (Å²) >= 11 is 9.50. The second kappa shape index (κ2) is 10.3. The first-order valence-electron chi connectivity index (χ1n) is 9.43. The SMILES string of the molecule is CCOC(=O)C(=N)/C(Br)=C(\Nc1ccccc1Cl)c1noc(-c2cccc(S(C)(=O)=O)c2)n1. The molecule has 0 aliphatic rings. The number of halogens is 2. The van der Waals surface area contributed by atoms with Gasteiger partial charge in [0.05, 0.1) is 26.7 Å². The van der Waals surface area contributed by atoms with Crippen LogP contribution in [0.5, 0.6) is 0 Å². The summed E-state index contributed by atoms with van der Waals surface area (Å²) in [5.41, 5.74) is 0.491. The summed E-state index contributed by atoms with van der Waals surface area (Å²) in [5, 5.41) is 15.5. The molecule has 3 rings (SSSR count). The molecule has 33 heavy (non-hydrogen) atoms. The highest BCUT2D eigenvalue weighted by Crippen LogP contribution is 2.30. The number of carbonyl (C=O) groups is 1. The minimum atomic E-state index is -3.44. The fourth-order valence-electron chi connectivity index (χ4n) is 2.63. The number of aromatic nitrogens is 2. The Morgan fingerprint density at radius 1 is 1.24 bits per heavy atom. The Morgan fingerprint density at radius 3 is 2.64 bits per heavy atom. The number of hydrogen-bond donors (Lipinski definition) is 2. The van der Waals surface area contributed by atoms with Gasteiger partial charge in [0.1, 0.15) is 5.70 Å². The number of nitrogens with one attached hydrogen (secondary N) is 2. The van der Waals surface area contributed by atoms with E-state index in [0.29, 0.717) is 16.3 Å². The molecule has 1 heterocycles. The van der Waals surface area contributed by atoms with Crippen LogP contribution in [-0.2, 0) is 19.4 Å². The van der Waals surface area contributed by atoms with Crippen molar-refractivity contribution in [1.29, 1.82) is 5.41 Å². The maximum atomic E-state index is 12.1. The Hall–Kier alpha value is -3.02. The van der Waals surface area contributed by atoms with Gasteiger partial charge in [-0.1, -0.05) is 35.0 Å². The maximum Gasteiger partial charge on any atom is 0.357 e. The Bertz CT molecular complexity index is 1350. The molecule has 172 valence electrons. The molecule has 0 amide bonds. The van der Waals surface area contributed by atoms with E-state index in [2.05, 4.69) is 31.4 Å². The number of sulfone groups is 1. The van der Waals surface area contributed by atoms with Crippen LogP contribution in [0.1, 0.15) is 12.7 Å². The predicted molar refractivity (Wildman–Crippen MR) is 128 cm³/mol. The van der Waals surface area contributed by atoms with Crippen LogP contribution >= 0.6 is 27.5 Å². The molecule has 2 aromatic carbocycles. The maximum absolute atomic E-state index is 12.1. The molecule has 0 aliphatic carbocycles. The van der Waals surface area contributed by atoms with E-state index >= 15 is 0 Å².